The smallest absolute Gasteiger partial charge is 0.422 e. The van der Waals surface area contributed by atoms with Gasteiger partial charge in [-0.2, -0.15) is 13.2 Å². The van der Waals surface area contributed by atoms with Crippen LogP contribution in [-0.2, 0) is 17.8 Å². The van der Waals surface area contributed by atoms with E-state index >= 15 is 0 Å². The van der Waals surface area contributed by atoms with Crippen LogP contribution in [0.15, 0.2) is 66.7 Å². The molecule has 0 aromatic heterocycles. The molecule has 0 saturated carbocycles. The predicted molar refractivity (Wildman–Crippen MR) is 120 cm³/mol. The molecular formula is C25H24F3NO5. The number of rotatable bonds is 10. The van der Waals surface area contributed by atoms with Gasteiger partial charge in [0.1, 0.15) is 18.1 Å². The lowest BCUT2D eigenvalue weighted by Gasteiger charge is -2.15. The fraction of sp³-hybridized carbons (Fsp3) is 0.240. The maximum Gasteiger partial charge on any atom is 0.422 e. The summed E-state index contributed by atoms with van der Waals surface area (Å²) in [6.45, 7) is -1.73. The Bertz CT molecular complexity index is 1130. The number of alkyl halides is 3. The van der Waals surface area contributed by atoms with Crippen molar-refractivity contribution < 1.29 is 37.7 Å². The number of aliphatic carboxylic acids is 1. The van der Waals surface area contributed by atoms with E-state index < -0.39 is 24.8 Å². The SMILES string of the molecule is NC(CO)c1cccc(-c2cc(COc3ccccc3CC(=O)O)cc(OCC(F)(F)F)c2)c1. The third-order valence-corrected chi connectivity index (χ3v) is 4.92. The van der Waals surface area contributed by atoms with Crippen molar-refractivity contribution in [3.8, 4) is 22.6 Å². The molecule has 3 aromatic rings. The molecule has 0 bridgehead atoms. The van der Waals surface area contributed by atoms with E-state index in [0.717, 1.165) is 0 Å². The first-order valence-corrected chi connectivity index (χ1v) is 10.4. The Kier molecular flexibility index (Phi) is 8.14. The second-order valence-electron chi connectivity index (χ2n) is 7.65. The van der Waals surface area contributed by atoms with Crippen molar-refractivity contribution >= 4 is 5.97 Å². The number of nitrogens with two attached hydrogens (primary N) is 1. The van der Waals surface area contributed by atoms with Crippen molar-refractivity contribution in [1.29, 1.82) is 0 Å². The van der Waals surface area contributed by atoms with E-state index in [1.54, 1.807) is 54.6 Å². The van der Waals surface area contributed by atoms with Crippen LogP contribution in [-0.4, -0.2) is 35.6 Å². The van der Waals surface area contributed by atoms with Crippen LogP contribution >= 0.6 is 0 Å². The highest BCUT2D eigenvalue weighted by Crippen LogP contribution is 2.30. The summed E-state index contributed by atoms with van der Waals surface area (Å²) in [5.74, 6) is -0.644. The molecule has 0 spiro atoms. The predicted octanol–water partition coefficient (Wildman–Crippen LogP) is 4.49. The quantitative estimate of drug-likeness (QED) is 0.399. The molecule has 0 saturated heterocycles. The van der Waals surface area contributed by atoms with E-state index in [1.807, 2.05) is 0 Å². The average Bonchev–Trinajstić information content (AvgIpc) is 2.81. The third kappa shape index (κ3) is 7.23. The third-order valence-electron chi connectivity index (χ3n) is 4.92. The van der Waals surface area contributed by atoms with Crippen LogP contribution in [0.1, 0.15) is 22.7 Å². The Morgan fingerprint density at radius 1 is 0.971 bits per heavy atom. The minimum atomic E-state index is -4.50. The van der Waals surface area contributed by atoms with E-state index in [2.05, 4.69) is 0 Å². The molecule has 180 valence electrons. The second kappa shape index (κ2) is 11.0. The Hall–Kier alpha value is -3.56. The summed E-state index contributed by atoms with van der Waals surface area (Å²) in [5.41, 5.74) is 8.81. The number of carbonyl (C=O) groups is 1. The number of halogens is 3. The maximum absolute atomic E-state index is 12.7. The van der Waals surface area contributed by atoms with Crippen LogP contribution < -0.4 is 15.2 Å². The van der Waals surface area contributed by atoms with Crippen LogP contribution in [0.25, 0.3) is 11.1 Å². The number of carboxylic acids is 1. The molecule has 0 heterocycles. The van der Waals surface area contributed by atoms with Gasteiger partial charge in [0.05, 0.1) is 19.1 Å². The largest absolute Gasteiger partial charge is 0.489 e. The zero-order valence-corrected chi connectivity index (χ0v) is 18.1. The molecule has 3 aromatic carbocycles. The molecule has 3 rings (SSSR count). The van der Waals surface area contributed by atoms with Crippen molar-refractivity contribution in [2.75, 3.05) is 13.2 Å². The highest BCUT2D eigenvalue weighted by atomic mass is 19.4. The van der Waals surface area contributed by atoms with Crippen molar-refractivity contribution in [1.82, 2.24) is 0 Å². The molecular weight excluding hydrogens is 451 g/mol. The zero-order chi connectivity index (χ0) is 24.7. The van der Waals surface area contributed by atoms with Gasteiger partial charge in [-0.05, 0) is 52.6 Å². The Labute approximate surface area is 194 Å². The molecule has 0 aliphatic heterocycles. The number of aliphatic hydroxyl groups excluding tert-OH is 1. The van der Waals surface area contributed by atoms with Gasteiger partial charge >= 0.3 is 12.1 Å². The Morgan fingerprint density at radius 3 is 2.44 bits per heavy atom. The Morgan fingerprint density at radius 2 is 1.74 bits per heavy atom. The highest BCUT2D eigenvalue weighted by Gasteiger charge is 2.28. The maximum atomic E-state index is 12.7. The number of ether oxygens (including phenoxy) is 2. The van der Waals surface area contributed by atoms with Gasteiger partial charge in [-0.15, -0.1) is 0 Å². The fourth-order valence-corrected chi connectivity index (χ4v) is 3.33. The average molecular weight is 475 g/mol. The molecule has 9 heteroatoms. The van der Waals surface area contributed by atoms with Crippen molar-refractivity contribution in [2.45, 2.75) is 25.2 Å². The highest BCUT2D eigenvalue weighted by molar-refractivity contribution is 5.71. The number of aliphatic hydroxyl groups is 1. The summed E-state index contributed by atoms with van der Waals surface area (Å²) in [5, 5.41) is 18.4. The summed E-state index contributed by atoms with van der Waals surface area (Å²) in [7, 11) is 0. The lowest BCUT2D eigenvalue weighted by atomic mass is 9.98. The van der Waals surface area contributed by atoms with E-state index in [1.165, 1.54) is 12.1 Å². The summed E-state index contributed by atoms with van der Waals surface area (Å²) in [6.07, 6.45) is -4.73. The topological polar surface area (TPSA) is 102 Å². The second-order valence-corrected chi connectivity index (χ2v) is 7.65. The lowest BCUT2D eigenvalue weighted by molar-refractivity contribution is -0.153. The van der Waals surface area contributed by atoms with E-state index in [-0.39, 0.29) is 25.4 Å². The van der Waals surface area contributed by atoms with Gasteiger partial charge in [-0.1, -0.05) is 36.4 Å². The molecule has 4 N–H and O–H groups in total. The molecule has 1 unspecified atom stereocenters. The van der Waals surface area contributed by atoms with Crippen LogP contribution in [0.5, 0.6) is 11.5 Å². The van der Waals surface area contributed by atoms with Crippen LogP contribution in [0, 0.1) is 0 Å². The number of carboxylic acid groups (broad SMARTS) is 1. The Balaban J connectivity index is 1.92. The first-order valence-electron chi connectivity index (χ1n) is 10.4. The molecule has 1 atom stereocenters. The lowest BCUT2D eigenvalue weighted by Crippen LogP contribution is -2.19. The number of hydrogen-bond acceptors (Lipinski definition) is 5. The number of benzene rings is 3. The molecule has 0 amide bonds. The molecule has 0 aliphatic rings. The van der Waals surface area contributed by atoms with Crippen LogP contribution in [0.4, 0.5) is 13.2 Å². The summed E-state index contributed by atoms with van der Waals surface area (Å²) >= 11 is 0. The standard InChI is InChI=1S/C25H24F3NO5/c26-25(27,28)15-34-21-9-16(14-33-23-7-2-1-4-19(23)12-24(31)32)8-20(11-21)17-5-3-6-18(10-17)22(29)13-30/h1-11,22,30H,12-15,29H2,(H,31,32). The molecule has 6 nitrogen and oxygen atoms in total. The monoisotopic (exact) mass is 475 g/mol. The van der Waals surface area contributed by atoms with Gasteiger partial charge in [0, 0.05) is 5.56 Å². The van der Waals surface area contributed by atoms with Crippen molar-refractivity contribution in [3.63, 3.8) is 0 Å². The van der Waals surface area contributed by atoms with Crippen molar-refractivity contribution in [2.24, 2.45) is 5.73 Å². The van der Waals surface area contributed by atoms with Gasteiger partial charge in [0.25, 0.3) is 0 Å². The first-order chi connectivity index (χ1) is 16.1. The summed E-state index contributed by atoms with van der Waals surface area (Å²) in [6, 6.07) is 17.7. The first kappa shape index (κ1) is 25.1. The van der Waals surface area contributed by atoms with Gasteiger partial charge in [-0.25, -0.2) is 0 Å². The van der Waals surface area contributed by atoms with E-state index in [0.29, 0.717) is 33.6 Å². The minimum absolute atomic E-state index is 0.00380. The van der Waals surface area contributed by atoms with Gasteiger partial charge in [0.15, 0.2) is 6.61 Å². The van der Waals surface area contributed by atoms with E-state index in [9.17, 15) is 23.1 Å². The summed E-state index contributed by atoms with van der Waals surface area (Å²) < 4.78 is 49.0. The van der Waals surface area contributed by atoms with Gasteiger partial charge in [-0.3, -0.25) is 4.79 Å². The molecule has 0 fully saturated rings. The van der Waals surface area contributed by atoms with Gasteiger partial charge < -0.3 is 25.4 Å². The molecule has 0 radical (unpaired) electrons. The van der Waals surface area contributed by atoms with Crippen molar-refractivity contribution in [3.05, 3.63) is 83.4 Å². The molecule has 0 aliphatic carbocycles. The number of hydrogen-bond donors (Lipinski definition) is 3. The normalized spacial score (nSPS) is 12.3. The van der Waals surface area contributed by atoms with Crippen LogP contribution in [0.3, 0.4) is 0 Å². The van der Waals surface area contributed by atoms with E-state index in [4.69, 9.17) is 20.3 Å². The van der Waals surface area contributed by atoms with Crippen LogP contribution in [0.2, 0.25) is 0 Å². The zero-order valence-electron chi connectivity index (χ0n) is 18.1. The van der Waals surface area contributed by atoms with Gasteiger partial charge in [0.2, 0.25) is 0 Å². The minimum Gasteiger partial charge on any atom is -0.489 e. The fourth-order valence-electron chi connectivity index (χ4n) is 3.33. The number of para-hydroxylation sites is 1. The summed E-state index contributed by atoms with van der Waals surface area (Å²) in [4.78, 5) is 11.1. The molecule has 34 heavy (non-hydrogen) atoms.